The number of hydrogen-bond acceptors (Lipinski definition) is 2. The van der Waals surface area contributed by atoms with Crippen LogP contribution in [-0.2, 0) is 11.3 Å². The molecule has 3 heteroatoms. The standard InChI is InChI=1S/C13H18O3/c1-4-10(3)16-8-12-6-5-11(13(14)15)7-9(12)2/h5-7,10H,4,8H2,1-3H3,(H,14,15). The minimum Gasteiger partial charge on any atom is -0.478 e. The molecule has 1 rings (SSSR count). The van der Waals surface area contributed by atoms with Gasteiger partial charge < -0.3 is 9.84 Å². The van der Waals surface area contributed by atoms with E-state index in [1.54, 1.807) is 12.1 Å². The molecule has 1 atom stereocenters. The highest BCUT2D eigenvalue weighted by Crippen LogP contribution is 2.13. The van der Waals surface area contributed by atoms with Gasteiger partial charge in [-0.2, -0.15) is 0 Å². The van der Waals surface area contributed by atoms with Crippen LogP contribution in [0.1, 0.15) is 41.8 Å². The summed E-state index contributed by atoms with van der Waals surface area (Å²) in [4.78, 5) is 10.7. The summed E-state index contributed by atoms with van der Waals surface area (Å²) >= 11 is 0. The van der Waals surface area contributed by atoms with Crippen LogP contribution in [0.2, 0.25) is 0 Å². The number of rotatable bonds is 5. The Labute approximate surface area is 96.1 Å². The third kappa shape index (κ3) is 3.35. The molecule has 0 aliphatic heterocycles. The third-order valence-electron chi connectivity index (χ3n) is 2.69. The van der Waals surface area contributed by atoms with Gasteiger partial charge in [0.2, 0.25) is 0 Å². The number of aryl methyl sites for hydroxylation is 1. The fraction of sp³-hybridized carbons (Fsp3) is 0.462. The van der Waals surface area contributed by atoms with E-state index >= 15 is 0 Å². The first-order valence-electron chi connectivity index (χ1n) is 5.49. The average Bonchev–Trinajstić information content (AvgIpc) is 2.26. The van der Waals surface area contributed by atoms with Crippen molar-refractivity contribution in [2.45, 2.75) is 39.9 Å². The summed E-state index contributed by atoms with van der Waals surface area (Å²) in [5.41, 5.74) is 2.33. The van der Waals surface area contributed by atoms with Gasteiger partial charge in [0.1, 0.15) is 0 Å². The van der Waals surface area contributed by atoms with E-state index in [-0.39, 0.29) is 6.10 Å². The smallest absolute Gasteiger partial charge is 0.335 e. The van der Waals surface area contributed by atoms with Crippen molar-refractivity contribution in [2.75, 3.05) is 0 Å². The molecule has 0 fully saturated rings. The zero-order valence-corrected chi connectivity index (χ0v) is 9.99. The molecule has 0 saturated carbocycles. The summed E-state index contributed by atoms with van der Waals surface area (Å²) < 4.78 is 5.61. The van der Waals surface area contributed by atoms with E-state index in [0.29, 0.717) is 12.2 Å². The number of ether oxygens (including phenoxy) is 1. The minimum absolute atomic E-state index is 0.235. The highest BCUT2D eigenvalue weighted by atomic mass is 16.5. The van der Waals surface area contributed by atoms with Crippen LogP contribution in [0.15, 0.2) is 18.2 Å². The molecule has 1 aromatic carbocycles. The Morgan fingerprint density at radius 3 is 2.69 bits per heavy atom. The van der Waals surface area contributed by atoms with Gasteiger partial charge in [-0.1, -0.05) is 13.0 Å². The van der Waals surface area contributed by atoms with Crippen molar-refractivity contribution in [1.82, 2.24) is 0 Å². The Morgan fingerprint density at radius 1 is 1.50 bits per heavy atom. The molecule has 0 bridgehead atoms. The lowest BCUT2D eigenvalue weighted by molar-refractivity contribution is 0.0505. The van der Waals surface area contributed by atoms with Crippen LogP contribution in [0, 0.1) is 6.92 Å². The predicted molar refractivity (Wildman–Crippen MR) is 62.7 cm³/mol. The molecule has 1 unspecified atom stereocenters. The van der Waals surface area contributed by atoms with Gasteiger partial charge in [0.05, 0.1) is 18.3 Å². The van der Waals surface area contributed by atoms with Crippen molar-refractivity contribution < 1.29 is 14.6 Å². The van der Waals surface area contributed by atoms with E-state index < -0.39 is 5.97 Å². The van der Waals surface area contributed by atoms with Crippen LogP contribution in [0.25, 0.3) is 0 Å². The van der Waals surface area contributed by atoms with Crippen LogP contribution in [0.4, 0.5) is 0 Å². The van der Waals surface area contributed by atoms with Crippen LogP contribution in [0.5, 0.6) is 0 Å². The Hall–Kier alpha value is -1.35. The predicted octanol–water partition coefficient (Wildman–Crippen LogP) is 3.01. The molecule has 88 valence electrons. The van der Waals surface area contributed by atoms with Crippen LogP contribution in [-0.4, -0.2) is 17.2 Å². The van der Waals surface area contributed by atoms with Gasteiger partial charge in [-0.3, -0.25) is 0 Å². The molecule has 0 heterocycles. The lowest BCUT2D eigenvalue weighted by atomic mass is 10.1. The van der Waals surface area contributed by atoms with E-state index in [9.17, 15) is 4.79 Å². The summed E-state index contributed by atoms with van der Waals surface area (Å²) in [6.45, 7) is 6.55. The number of carbonyl (C=O) groups is 1. The van der Waals surface area contributed by atoms with E-state index in [0.717, 1.165) is 17.5 Å². The first-order chi connectivity index (χ1) is 7.54. The Bertz CT molecular complexity index is 371. The molecule has 0 amide bonds. The first-order valence-corrected chi connectivity index (χ1v) is 5.49. The van der Waals surface area contributed by atoms with Crippen molar-refractivity contribution in [3.63, 3.8) is 0 Å². The highest BCUT2D eigenvalue weighted by molar-refractivity contribution is 5.87. The summed E-state index contributed by atoms with van der Waals surface area (Å²) in [5, 5.41) is 8.83. The Morgan fingerprint density at radius 2 is 2.19 bits per heavy atom. The number of carboxylic acids is 1. The monoisotopic (exact) mass is 222 g/mol. The van der Waals surface area contributed by atoms with Gasteiger partial charge in [-0.25, -0.2) is 4.79 Å². The molecule has 0 radical (unpaired) electrons. The normalized spacial score (nSPS) is 12.4. The second kappa shape index (κ2) is 5.66. The zero-order chi connectivity index (χ0) is 12.1. The second-order valence-electron chi connectivity index (χ2n) is 3.98. The van der Waals surface area contributed by atoms with Gasteiger partial charge in [-0.05, 0) is 43.5 Å². The lowest BCUT2D eigenvalue weighted by Crippen LogP contribution is -2.07. The fourth-order valence-electron chi connectivity index (χ4n) is 1.34. The maximum Gasteiger partial charge on any atom is 0.335 e. The van der Waals surface area contributed by atoms with Gasteiger partial charge in [-0.15, -0.1) is 0 Å². The second-order valence-corrected chi connectivity index (χ2v) is 3.98. The van der Waals surface area contributed by atoms with E-state index in [2.05, 4.69) is 6.92 Å². The summed E-state index contributed by atoms with van der Waals surface area (Å²) in [5.74, 6) is -0.891. The molecule has 0 saturated heterocycles. The summed E-state index contributed by atoms with van der Waals surface area (Å²) in [7, 11) is 0. The van der Waals surface area contributed by atoms with E-state index in [1.807, 2.05) is 19.9 Å². The maximum absolute atomic E-state index is 10.7. The zero-order valence-electron chi connectivity index (χ0n) is 9.99. The molecular weight excluding hydrogens is 204 g/mol. The number of benzene rings is 1. The lowest BCUT2D eigenvalue weighted by Gasteiger charge is -2.12. The van der Waals surface area contributed by atoms with Gasteiger partial charge in [0, 0.05) is 0 Å². The van der Waals surface area contributed by atoms with Crippen molar-refractivity contribution in [3.8, 4) is 0 Å². The summed E-state index contributed by atoms with van der Waals surface area (Å²) in [6, 6.07) is 5.11. The van der Waals surface area contributed by atoms with Crippen LogP contribution >= 0.6 is 0 Å². The van der Waals surface area contributed by atoms with Crippen LogP contribution < -0.4 is 0 Å². The van der Waals surface area contributed by atoms with E-state index in [1.165, 1.54) is 0 Å². The molecule has 0 spiro atoms. The molecule has 0 aliphatic carbocycles. The van der Waals surface area contributed by atoms with Gasteiger partial charge >= 0.3 is 5.97 Å². The fourth-order valence-corrected chi connectivity index (χ4v) is 1.34. The molecule has 16 heavy (non-hydrogen) atoms. The van der Waals surface area contributed by atoms with Crippen molar-refractivity contribution >= 4 is 5.97 Å². The number of aromatic carboxylic acids is 1. The molecule has 1 N–H and O–H groups in total. The minimum atomic E-state index is -0.891. The first kappa shape index (κ1) is 12.7. The quantitative estimate of drug-likeness (QED) is 0.833. The number of hydrogen-bond donors (Lipinski definition) is 1. The molecule has 0 aromatic heterocycles. The molecule has 1 aromatic rings. The van der Waals surface area contributed by atoms with Crippen molar-refractivity contribution in [2.24, 2.45) is 0 Å². The van der Waals surface area contributed by atoms with Gasteiger partial charge in [0.25, 0.3) is 0 Å². The summed E-state index contributed by atoms with van der Waals surface area (Å²) in [6.07, 6.45) is 1.21. The number of carboxylic acid groups (broad SMARTS) is 1. The van der Waals surface area contributed by atoms with Gasteiger partial charge in [0.15, 0.2) is 0 Å². The third-order valence-corrected chi connectivity index (χ3v) is 2.69. The molecular formula is C13H18O3. The van der Waals surface area contributed by atoms with Crippen molar-refractivity contribution in [3.05, 3.63) is 34.9 Å². The Kier molecular flexibility index (Phi) is 4.50. The van der Waals surface area contributed by atoms with E-state index in [4.69, 9.17) is 9.84 Å². The largest absolute Gasteiger partial charge is 0.478 e. The maximum atomic E-state index is 10.7. The highest BCUT2D eigenvalue weighted by Gasteiger charge is 2.06. The topological polar surface area (TPSA) is 46.5 Å². The SMILES string of the molecule is CCC(C)OCc1ccc(C(=O)O)cc1C. The Balaban J connectivity index is 2.72. The molecule has 0 aliphatic rings. The van der Waals surface area contributed by atoms with Crippen molar-refractivity contribution in [1.29, 1.82) is 0 Å². The molecule has 3 nitrogen and oxygen atoms in total. The average molecular weight is 222 g/mol. The van der Waals surface area contributed by atoms with Crippen LogP contribution in [0.3, 0.4) is 0 Å².